The van der Waals surface area contributed by atoms with Gasteiger partial charge < -0.3 is 9.84 Å². The van der Waals surface area contributed by atoms with Gasteiger partial charge in [0.1, 0.15) is 0 Å². The molecular formula is C15H20O3. The number of hydrogen-bond donors (Lipinski definition) is 1. The van der Waals surface area contributed by atoms with Gasteiger partial charge in [0.25, 0.3) is 0 Å². The van der Waals surface area contributed by atoms with Crippen LogP contribution in [0.15, 0.2) is 24.3 Å². The van der Waals surface area contributed by atoms with E-state index in [1.807, 2.05) is 6.07 Å². The van der Waals surface area contributed by atoms with Crippen LogP contribution in [0.3, 0.4) is 0 Å². The first-order valence-corrected chi connectivity index (χ1v) is 6.60. The number of benzene rings is 1. The van der Waals surface area contributed by atoms with Crippen molar-refractivity contribution >= 4 is 5.97 Å². The highest BCUT2D eigenvalue weighted by molar-refractivity contribution is 5.87. The monoisotopic (exact) mass is 248 g/mol. The molecule has 0 amide bonds. The Morgan fingerprint density at radius 2 is 2.17 bits per heavy atom. The molecule has 2 rings (SSSR count). The van der Waals surface area contributed by atoms with Gasteiger partial charge in [-0.2, -0.15) is 0 Å². The van der Waals surface area contributed by atoms with Crippen LogP contribution in [0, 0.1) is 5.92 Å². The second-order valence-electron chi connectivity index (χ2n) is 5.12. The van der Waals surface area contributed by atoms with E-state index in [4.69, 9.17) is 9.84 Å². The Kier molecular flexibility index (Phi) is 4.37. The molecule has 98 valence electrons. The molecule has 1 aliphatic rings. The van der Waals surface area contributed by atoms with Gasteiger partial charge in [0.05, 0.1) is 18.3 Å². The summed E-state index contributed by atoms with van der Waals surface area (Å²) in [6, 6.07) is 6.98. The van der Waals surface area contributed by atoms with Crippen molar-refractivity contribution < 1.29 is 14.6 Å². The molecule has 1 fully saturated rings. The van der Waals surface area contributed by atoms with Gasteiger partial charge in [-0.3, -0.25) is 0 Å². The number of carboxylic acid groups (broad SMARTS) is 1. The van der Waals surface area contributed by atoms with Gasteiger partial charge in [0, 0.05) is 0 Å². The first-order valence-electron chi connectivity index (χ1n) is 6.60. The Morgan fingerprint density at radius 3 is 2.89 bits per heavy atom. The first kappa shape index (κ1) is 13.1. The molecule has 2 unspecified atom stereocenters. The van der Waals surface area contributed by atoms with E-state index in [2.05, 4.69) is 6.92 Å². The summed E-state index contributed by atoms with van der Waals surface area (Å²) in [4.78, 5) is 10.9. The maximum Gasteiger partial charge on any atom is 0.335 e. The van der Waals surface area contributed by atoms with E-state index in [1.54, 1.807) is 18.2 Å². The van der Waals surface area contributed by atoms with E-state index in [0.29, 0.717) is 24.2 Å². The van der Waals surface area contributed by atoms with Crippen LogP contribution in [0.4, 0.5) is 0 Å². The largest absolute Gasteiger partial charge is 0.478 e. The second kappa shape index (κ2) is 6.01. The van der Waals surface area contributed by atoms with E-state index in [1.165, 1.54) is 19.3 Å². The molecule has 0 radical (unpaired) electrons. The Morgan fingerprint density at radius 1 is 1.39 bits per heavy atom. The normalized spacial score (nSPS) is 23.8. The minimum Gasteiger partial charge on any atom is -0.478 e. The van der Waals surface area contributed by atoms with Crippen molar-refractivity contribution in [1.82, 2.24) is 0 Å². The topological polar surface area (TPSA) is 46.5 Å². The zero-order chi connectivity index (χ0) is 13.0. The zero-order valence-electron chi connectivity index (χ0n) is 10.8. The van der Waals surface area contributed by atoms with E-state index >= 15 is 0 Å². The van der Waals surface area contributed by atoms with Crippen molar-refractivity contribution in [2.75, 3.05) is 0 Å². The van der Waals surface area contributed by atoms with Gasteiger partial charge in [-0.05, 0) is 36.5 Å². The molecule has 1 aromatic rings. The summed E-state index contributed by atoms with van der Waals surface area (Å²) in [5, 5.41) is 8.93. The highest BCUT2D eigenvalue weighted by Gasteiger charge is 2.21. The van der Waals surface area contributed by atoms with Crippen molar-refractivity contribution in [3.8, 4) is 0 Å². The van der Waals surface area contributed by atoms with Gasteiger partial charge in [-0.1, -0.05) is 31.9 Å². The average molecular weight is 248 g/mol. The van der Waals surface area contributed by atoms with Crippen molar-refractivity contribution in [2.24, 2.45) is 5.92 Å². The van der Waals surface area contributed by atoms with Crippen molar-refractivity contribution in [3.63, 3.8) is 0 Å². The molecule has 0 heterocycles. The minimum absolute atomic E-state index is 0.326. The van der Waals surface area contributed by atoms with E-state index in [9.17, 15) is 4.79 Å². The lowest BCUT2D eigenvalue weighted by atomic mass is 9.88. The van der Waals surface area contributed by atoms with Crippen molar-refractivity contribution in [1.29, 1.82) is 0 Å². The fourth-order valence-corrected chi connectivity index (χ4v) is 2.53. The summed E-state index contributed by atoms with van der Waals surface area (Å²) in [5.41, 5.74) is 1.26. The maximum atomic E-state index is 10.9. The van der Waals surface area contributed by atoms with Crippen LogP contribution in [0.1, 0.15) is 48.5 Å². The third-order valence-electron chi connectivity index (χ3n) is 3.67. The number of aromatic carboxylic acids is 1. The fraction of sp³-hybridized carbons (Fsp3) is 0.533. The predicted octanol–water partition coefficient (Wildman–Crippen LogP) is 3.48. The van der Waals surface area contributed by atoms with Crippen LogP contribution < -0.4 is 0 Å². The molecule has 1 saturated carbocycles. The van der Waals surface area contributed by atoms with Crippen LogP contribution in [0.5, 0.6) is 0 Å². The molecule has 1 aromatic carbocycles. The van der Waals surface area contributed by atoms with Gasteiger partial charge in [-0.15, -0.1) is 0 Å². The number of ether oxygens (including phenoxy) is 1. The molecule has 3 nitrogen and oxygen atoms in total. The lowest BCUT2D eigenvalue weighted by Crippen LogP contribution is -2.25. The maximum absolute atomic E-state index is 10.9. The van der Waals surface area contributed by atoms with Gasteiger partial charge in [-0.25, -0.2) is 4.79 Å². The molecule has 1 N–H and O–H groups in total. The van der Waals surface area contributed by atoms with Crippen LogP contribution in [-0.4, -0.2) is 17.2 Å². The standard InChI is InChI=1S/C15H20O3/c1-11-5-2-3-8-14(11)18-10-12-6-4-7-13(9-12)15(16)17/h4,6-7,9,11,14H,2-3,5,8,10H2,1H3,(H,16,17). The summed E-state index contributed by atoms with van der Waals surface area (Å²) < 4.78 is 5.92. The number of hydrogen-bond acceptors (Lipinski definition) is 2. The Hall–Kier alpha value is -1.35. The SMILES string of the molecule is CC1CCCCC1OCc1cccc(C(=O)O)c1. The molecule has 2 atom stereocenters. The second-order valence-corrected chi connectivity index (χ2v) is 5.12. The summed E-state index contributed by atoms with van der Waals surface area (Å²) in [5.74, 6) is -0.274. The molecule has 3 heteroatoms. The van der Waals surface area contributed by atoms with Gasteiger partial charge in [0.15, 0.2) is 0 Å². The summed E-state index contributed by atoms with van der Waals surface area (Å²) >= 11 is 0. The molecule has 0 spiro atoms. The van der Waals surface area contributed by atoms with Crippen LogP contribution in [0.2, 0.25) is 0 Å². The lowest BCUT2D eigenvalue weighted by Gasteiger charge is -2.28. The van der Waals surface area contributed by atoms with Gasteiger partial charge >= 0.3 is 5.97 Å². The quantitative estimate of drug-likeness (QED) is 0.887. The van der Waals surface area contributed by atoms with E-state index in [0.717, 1.165) is 12.0 Å². The highest BCUT2D eigenvalue weighted by Crippen LogP contribution is 2.27. The average Bonchev–Trinajstić information content (AvgIpc) is 2.38. The van der Waals surface area contributed by atoms with Crippen molar-refractivity contribution in [2.45, 2.75) is 45.3 Å². The third-order valence-corrected chi connectivity index (χ3v) is 3.67. The fourth-order valence-electron chi connectivity index (χ4n) is 2.53. The predicted molar refractivity (Wildman–Crippen MR) is 69.6 cm³/mol. The molecule has 0 bridgehead atoms. The van der Waals surface area contributed by atoms with E-state index in [-0.39, 0.29) is 0 Å². The number of rotatable bonds is 4. The minimum atomic E-state index is -0.886. The molecule has 0 aromatic heterocycles. The zero-order valence-corrected chi connectivity index (χ0v) is 10.8. The lowest BCUT2D eigenvalue weighted by molar-refractivity contribution is -0.0154. The van der Waals surface area contributed by atoms with Crippen molar-refractivity contribution in [3.05, 3.63) is 35.4 Å². The highest BCUT2D eigenvalue weighted by atomic mass is 16.5. The Balaban J connectivity index is 1.93. The first-order chi connectivity index (χ1) is 8.66. The summed E-state index contributed by atoms with van der Waals surface area (Å²) in [6.07, 6.45) is 5.23. The van der Waals surface area contributed by atoms with Crippen LogP contribution >= 0.6 is 0 Å². The Labute approximate surface area is 108 Å². The molecular weight excluding hydrogens is 228 g/mol. The number of carboxylic acids is 1. The van der Waals surface area contributed by atoms with Gasteiger partial charge in [0.2, 0.25) is 0 Å². The number of carbonyl (C=O) groups is 1. The molecule has 0 saturated heterocycles. The smallest absolute Gasteiger partial charge is 0.335 e. The van der Waals surface area contributed by atoms with E-state index < -0.39 is 5.97 Å². The molecule has 0 aliphatic heterocycles. The van der Waals surface area contributed by atoms with Crippen LogP contribution in [0.25, 0.3) is 0 Å². The molecule has 18 heavy (non-hydrogen) atoms. The van der Waals surface area contributed by atoms with Crippen LogP contribution in [-0.2, 0) is 11.3 Å². The summed E-state index contributed by atoms with van der Waals surface area (Å²) in [6.45, 7) is 2.74. The Bertz CT molecular complexity index is 414. The molecule has 1 aliphatic carbocycles. The third kappa shape index (κ3) is 3.33. The summed E-state index contributed by atoms with van der Waals surface area (Å²) in [7, 11) is 0.